The van der Waals surface area contributed by atoms with Crippen LogP contribution in [0.1, 0.15) is 80.6 Å². The molecule has 2 fully saturated rings. The largest absolute Gasteiger partial charge is 0.486 e. The second-order valence-corrected chi connectivity index (χ2v) is 20.7. The predicted octanol–water partition coefficient (Wildman–Crippen LogP) is 9.34. The number of hydrogen-bond acceptors (Lipinski definition) is 12. The summed E-state index contributed by atoms with van der Waals surface area (Å²) in [5.74, 6) is 3.60. The minimum atomic E-state index is -0.773. The lowest BCUT2D eigenvalue weighted by atomic mass is 9.84. The molecule has 8 aromatic rings. The van der Waals surface area contributed by atoms with Crippen molar-refractivity contribution in [1.82, 2.24) is 29.5 Å². The van der Waals surface area contributed by atoms with Gasteiger partial charge in [0.05, 0.1) is 69.5 Å². The Balaban J connectivity index is 0.812. The van der Waals surface area contributed by atoms with Gasteiger partial charge >= 0.3 is 0 Å². The molecule has 14 heteroatoms. The molecule has 2 saturated heterocycles. The van der Waals surface area contributed by atoms with Crippen LogP contribution < -0.4 is 24.2 Å². The fourth-order valence-corrected chi connectivity index (χ4v) is 10.6. The molecule has 2 aliphatic carbocycles. The Labute approximate surface area is 406 Å². The number of anilines is 4. The molecule has 4 aliphatic rings. The molecule has 14 nitrogen and oxygen atoms in total. The van der Waals surface area contributed by atoms with Gasteiger partial charge < -0.3 is 34.4 Å². The van der Waals surface area contributed by atoms with E-state index in [1.165, 1.54) is 16.7 Å². The number of nitriles is 1. The summed E-state index contributed by atoms with van der Waals surface area (Å²) in [6, 6.07) is 33.2. The van der Waals surface area contributed by atoms with Crippen LogP contribution in [-0.4, -0.2) is 84.2 Å². The Kier molecular flexibility index (Phi) is 10.4. The fraction of sp³-hybridized carbons (Fsp3) is 0.339. The molecule has 354 valence electrons. The highest BCUT2D eigenvalue weighted by molar-refractivity contribution is 5.85. The maximum absolute atomic E-state index is 10.8. The lowest BCUT2D eigenvalue weighted by molar-refractivity contribution is 0.00396. The zero-order chi connectivity index (χ0) is 48.1. The van der Waals surface area contributed by atoms with E-state index in [2.05, 4.69) is 87.4 Å². The molecule has 2 atom stereocenters. The van der Waals surface area contributed by atoms with E-state index in [0.29, 0.717) is 18.7 Å². The summed E-state index contributed by atoms with van der Waals surface area (Å²) < 4.78 is 17.4. The molecule has 4 aromatic carbocycles. The third-order valence-electron chi connectivity index (χ3n) is 15.3. The standard InChI is InChI=1S/C56H56N10O4/c1-55(2,67)39-30-63(31-39)53-22-42(18-19-58-53)65-47-23-43(12-7-37(47)27-60-65)69-52-17-10-36-21-41(11-15-46(36)52)62(5)50-29-59-54(64-32-40(33-64)56(3,4)68)25-49(50)66-48-24-44(13-8-38(48)28-61-66)70-51-16-9-35-20-34(26-57)6-14-45(35)51/h6-8,11-15,18-25,27-29,39-40,51-52,67-68H,9-10,16-17,30-33H2,1-5H3/t51-,52+/m1/s1. The van der Waals surface area contributed by atoms with Gasteiger partial charge in [0.15, 0.2) is 0 Å². The van der Waals surface area contributed by atoms with Crippen LogP contribution in [-0.2, 0) is 12.8 Å². The second kappa shape index (κ2) is 16.6. The minimum Gasteiger partial charge on any atom is -0.486 e. The number of aryl methyl sites for hydroxylation is 2. The quantitative estimate of drug-likeness (QED) is 0.120. The number of hydrogen-bond donors (Lipinski definition) is 2. The van der Waals surface area contributed by atoms with Gasteiger partial charge in [-0.1, -0.05) is 12.1 Å². The molecule has 4 aromatic heterocycles. The van der Waals surface area contributed by atoms with Crippen LogP contribution in [0, 0.1) is 23.2 Å². The van der Waals surface area contributed by atoms with E-state index in [1.54, 1.807) is 0 Å². The van der Waals surface area contributed by atoms with Crippen molar-refractivity contribution in [3.63, 3.8) is 0 Å². The Morgan fingerprint density at radius 3 is 1.83 bits per heavy atom. The van der Waals surface area contributed by atoms with Gasteiger partial charge in [-0.25, -0.2) is 19.3 Å². The lowest BCUT2D eigenvalue weighted by Crippen LogP contribution is -2.56. The average Bonchev–Trinajstić information content (AvgIpc) is 4.12. The van der Waals surface area contributed by atoms with Gasteiger partial charge in [0.1, 0.15) is 35.3 Å². The molecule has 0 saturated carbocycles. The van der Waals surface area contributed by atoms with Gasteiger partial charge in [-0.15, -0.1) is 0 Å². The van der Waals surface area contributed by atoms with Crippen LogP contribution >= 0.6 is 0 Å². The molecular formula is C56H56N10O4. The molecule has 0 bridgehead atoms. The van der Waals surface area contributed by atoms with E-state index in [4.69, 9.17) is 24.7 Å². The molecule has 0 spiro atoms. The first kappa shape index (κ1) is 43.8. The number of aromatic nitrogens is 6. The van der Waals surface area contributed by atoms with Crippen molar-refractivity contribution in [2.24, 2.45) is 11.8 Å². The molecule has 12 rings (SSSR count). The van der Waals surface area contributed by atoms with E-state index in [-0.39, 0.29) is 24.0 Å². The second-order valence-electron chi connectivity index (χ2n) is 20.7. The zero-order valence-corrected chi connectivity index (χ0v) is 40.1. The van der Waals surface area contributed by atoms with Gasteiger partial charge in [0.25, 0.3) is 0 Å². The lowest BCUT2D eigenvalue weighted by Gasteiger charge is -2.46. The number of fused-ring (bicyclic) bond motifs is 4. The van der Waals surface area contributed by atoms with E-state index in [0.717, 1.165) is 112 Å². The number of benzene rings is 4. The molecule has 0 amide bonds. The molecule has 70 heavy (non-hydrogen) atoms. The molecule has 0 radical (unpaired) electrons. The minimum absolute atomic E-state index is 0.100. The third kappa shape index (κ3) is 7.83. The number of rotatable bonds is 12. The van der Waals surface area contributed by atoms with Crippen molar-refractivity contribution in [3.05, 3.63) is 144 Å². The SMILES string of the molecule is CN(c1ccc2c(c1)CC[C@@H]2Oc1ccc2cnn(-c3ccnc(N4CC(C(C)(C)O)C4)c3)c2c1)c1cnc(N2CC(C(C)(C)O)C2)cc1-n1ncc2ccc(O[C@@H]3CCc4cc(C#N)ccc43)cc21. The Morgan fingerprint density at radius 1 is 0.643 bits per heavy atom. The predicted molar refractivity (Wildman–Crippen MR) is 271 cm³/mol. The van der Waals surface area contributed by atoms with E-state index >= 15 is 0 Å². The average molecular weight is 933 g/mol. The zero-order valence-electron chi connectivity index (χ0n) is 40.1. The summed E-state index contributed by atoms with van der Waals surface area (Å²) >= 11 is 0. The van der Waals surface area contributed by atoms with Gasteiger partial charge in [-0.2, -0.15) is 15.5 Å². The van der Waals surface area contributed by atoms with Gasteiger partial charge in [-0.3, -0.25) is 0 Å². The number of pyridine rings is 2. The molecule has 2 aliphatic heterocycles. The summed E-state index contributed by atoms with van der Waals surface area (Å²) in [6.07, 6.45) is 10.8. The van der Waals surface area contributed by atoms with Crippen molar-refractivity contribution in [2.75, 3.05) is 47.9 Å². The van der Waals surface area contributed by atoms with Crippen molar-refractivity contribution in [1.29, 1.82) is 5.26 Å². The van der Waals surface area contributed by atoms with Crippen LogP contribution in [0.15, 0.2) is 116 Å². The van der Waals surface area contributed by atoms with Crippen molar-refractivity contribution in [2.45, 2.75) is 76.8 Å². The highest BCUT2D eigenvalue weighted by Crippen LogP contribution is 2.42. The highest BCUT2D eigenvalue weighted by atomic mass is 16.5. The molecular weight excluding hydrogens is 877 g/mol. The van der Waals surface area contributed by atoms with Crippen LogP contribution in [0.4, 0.5) is 23.0 Å². The summed E-state index contributed by atoms with van der Waals surface area (Å²) in [5.41, 5.74) is 9.48. The monoisotopic (exact) mass is 932 g/mol. The summed E-state index contributed by atoms with van der Waals surface area (Å²) in [6.45, 7) is 10.4. The summed E-state index contributed by atoms with van der Waals surface area (Å²) in [4.78, 5) is 16.2. The van der Waals surface area contributed by atoms with Crippen molar-refractivity contribution >= 4 is 44.8 Å². The first-order valence-electron chi connectivity index (χ1n) is 24.3. The van der Waals surface area contributed by atoms with Gasteiger partial charge in [0.2, 0.25) is 0 Å². The summed E-state index contributed by atoms with van der Waals surface area (Å²) in [5, 5.41) is 42.4. The fourth-order valence-electron chi connectivity index (χ4n) is 10.6. The molecule has 2 N–H and O–H groups in total. The van der Waals surface area contributed by atoms with Crippen molar-refractivity contribution < 1.29 is 19.7 Å². The number of nitrogens with zero attached hydrogens (tertiary/aromatic N) is 10. The van der Waals surface area contributed by atoms with Gasteiger partial charge in [-0.05, 0) is 130 Å². The normalized spacial score (nSPS) is 18.1. The Morgan fingerprint density at radius 2 is 1.21 bits per heavy atom. The maximum Gasteiger partial charge on any atom is 0.130 e. The molecule has 0 unspecified atom stereocenters. The Hall–Kier alpha value is -7.47. The topological polar surface area (TPSA) is 154 Å². The van der Waals surface area contributed by atoms with Crippen LogP contribution in [0.2, 0.25) is 0 Å². The van der Waals surface area contributed by atoms with Crippen LogP contribution in [0.3, 0.4) is 0 Å². The van der Waals surface area contributed by atoms with E-state index in [9.17, 15) is 15.5 Å². The number of ether oxygens (including phenoxy) is 2. The van der Waals surface area contributed by atoms with Crippen LogP contribution in [0.25, 0.3) is 33.2 Å². The van der Waals surface area contributed by atoms with E-state index in [1.807, 2.05) is 98.2 Å². The van der Waals surface area contributed by atoms with E-state index < -0.39 is 11.2 Å². The highest BCUT2D eigenvalue weighted by Gasteiger charge is 2.39. The van der Waals surface area contributed by atoms with Crippen LogP contribution in [0.5, 0.6) is 11.5 Å². The van der Waals surface area contributed by atoms with Gasteiger partial charge in [0, 0.05) is 92.0 Å². The summed E-state index contributed by atoms with van der Waals surface area (Å²) in [7, 11) is 2.08. The molecule has 6 heterocycles. The first-order valence-corrected chi connectivity index (χ1v) is 24.3. The van der Waals surface area contributed by atoms with Crippen molar-refractivity contribution in [3.8, 4) is 28.9 Å². The Bertz CT molecular complexity index is 3370. The maximum atomic E-state index is 10.8. The first-order chi connectivity index (χ1) is 33.7. The third-order valence-corrected chi connectivity index (χ3v) is 15.3. The smallest absolute Gasteiger partial charge is 0.130 e. The number of aliphatic hydroxyl groups is 2.